The van der Waals surface area contributed by atoms with Crippen molar-refractivity contribution in [2.75, 3.05) is 24.3 Å². The Labute approximate surface area is 158 Å². The van der Waals surface area contributed by atoms with Gasteiger partial charge in [-0.2, -0.15) is 0 Å². The summed E-state index contributed by atoms with van der Waals surface area (Å²) >= 11 is 0. The van der Waals surface area contributed by atoms with Crippen molar-refractivity contribution in [3.8, 4) is 11.5 Å². The highest BCUT2D eigenvalue weighted by Gasteiger charge is 2.29. The number of carbonyl (C=O) groups is 1. The number of sulfonamides is 1. The number of benzene rings is 2. The summed E-state index contributed by atoms with van der Waals surface area (Å²) in [5.74, 6) is 0.818. The number of amides is 1. The zero-order chi connectivity index (χ0) is 19.6. The van der Waals surface area contributed by atoms with Gasteiger partial charge >= 0.3 is 0 Å². The Morgan fingerprint density at radius 3 is 2.30 bits per heavy atom. The van der Waals surface area contributed by atoms with E-state index in [2.05, 4.69) is 10.0 Å². The third-order valence-corrected chi connectivity index (χ3v) is 5.82. The van der Waals surface area contributed by atoms with Gasteiger partial charge < -0.3 is 14.8 Å². The van der Waals surface area contributed by atoms with Crippen LogP contribution in [0.15, 0.2) is 41.3 Å². The third kappa shape index (κ3) is 4.33. The number of ether oxygens (including phenoxy) is 2. The molecule has 7 nitrogen and oxygen atoms in total. The Balaban J connectivity index is 1.85. The van der Waals surface area contributed by atoms with E-state index in [1.807, 2.05) is 0 Å². The van der Waals surface area contributed by atoms with Gasteiger partial charge in [0.25, 0.3) is 10.0 Å². The van der Waals surface area contributed by atoms with Gasteiger partial charge in [-0.25, -0.2) is 8.42 Å². The van der Waals surface area contributed by atoms with E-state index in [4.69, 9.17) is 9.47 Å². The van der Waals surface area contributed by atoms with Crippen molar-refractivity contribution in [2.24, 2.45) is 5.92 Å². The van der Waals surface area contributed by atoms with E-state index in [1.165, 1.54) is 20.3 Å². The molecule has 144 valence electrons. The summed E-state index contributed by atoms with van der Waals surface area (Å²) in [5.41, 5.74) is 1.44. The Morgan fingerprint density at radius 1 is 1.04 bits per heavy atom. The van der Waals surface area contributed by atoms with Crippen LogP contribution in [0.2, 0.25) is 0 Å². The van der Waals surface area contributed by atoms with Crippen LogP contribution in [-0.2, 0) is 14.8 Å². The first kappa shape index (κ1) is 19.0. The summed E-state index contributed by atoms with van der Waals surface area (Å²) < 4.78 is 38.6. The van der Waals surface area contributed by atoms with Crippen LogP contribution in [-0.4, -0.2) is 28.5 Å². The number of methoxy groups -OCH3 is 2. The molecule has 0 saturated heterocycles. The molecule has 0 radical (unpaired) electrons. The largest absolute Gasteiger partial charge is 0.493 e. The molecule has 1 saturated carbocycles. The van der Waals surface area contributed by atoms with Gasteiger partial charge in [0.2, 0.25) is 5.91 Å². The van der Waals surface area contributed by atoms with Gasteiger partial charge in [0, 0.05) is 17.7 Å². The van der Waals surface area contributed by atoms with Crippen LogP contribution in [0.5, 0.6) is 11.5 Å². The first-order valence-electron chi connectivity index (χ1n) is 8.50. The van der Waals surface area contributed by atoms with Crippen molar-refractivity contribution in [1.29, 1.82) is 0 Å². The molecule has 1 fully saturated rings. The molecule has 2 aromatic rings. The van der Waals surface area contributed by atoms with Crippen LogP contribution >= 0.6 is 0 Å². The molecule has 0 bridgehead atoms. The number of carbonyl (C=O) groups excluding carboxylic acids is 1. The lowest BCUT2D eigenvalue weighted by Crippen LogP contribution is -2.16. The van der Waals surface area contributed by atoms with Crippen molar-refractivity contribution >= 4 is 27.3 Å². The first-order valence-corrected chi connectivity index (χ1v) is 9.98. The van der Waals surface area contributed by atoms with Crippen LogP contribution in [0, 0.1) is 12.8 Å². The number of hydrogen-bond donors (Lipinski definition) is 2. The highest BCUT2D eigenvalue weighted by atomic mass is 32.2. The second-order valence-electron chi connectivity index (χ2n) is 6.42. The van der Waals surface area contributed by atoms with Gasteiger partial charge in [-0.1, -0.05) is 6.07 Å². The van der Waals surface area contributed by atoms with Crippen LogP contribution in [0.3, 0.4) is 0 Å². The van der Waals surface area contributed by atoms with E-state index < -0.39 is 10.0 Å². The normalized spacial score (nSPS) is 13.7. The third-order valence-electron chi connectivity index (χ3n) is 4.30. The standard InChI is InChI=1S/C19H22N2O5S/c1-12-9-16(25-2)17(26-3)11-18(12)27(23,24)21-15-6-4-5-14(10-15)20-19(22)13-7-8-13/h4-6,9-11,13,21H,7-8H2,1-3H3,(H,20,22). The zero-order valence-corrected chi connectivity index (χ0v) is 16.2. The van der Waals surface area contributed by atoms with Crippen molar-refractivity contribution in [3.05, 3.63) is 42.0 Å². The predicted molar refractivity (Wildman–Crippen MR) is 103 cm³/mol. The fourth-order valence-corrected chi connectivity index (χ4v) is 4.00. The quantitative estimate of drug-likeness (QED) is 0.757. The molecule has 27 heavy (non-hydrogen) atoms. The maximum absolute atomic E-state index is 12.8. The molecule has 0 aromatic heterocycles. The van der Waals surface area contributed by atoms with Gasteiger partial charge in [0.15, 0.2) is 11.5 Å². The van der Waals surface area contributed by atoms with E-state index in [9.17, 15) is 13.2 Å². The summed E-state index contributed by atoms with van der Waals surface area (Å²) in [7, 11) is -0.910. The summed E-state index contributed by atoms with van der Waals surface area (Å²) in [6.45, 7) is 1.68. The van der Waals surface area contributed by atoms with Crippen molar-refractivity contribution in [1.82, 2.24) is 0 Å². The molecule has 0 heterocycles. The molecular weight excluding hydrogens is 368 g/mol. The lowest BCUT2D eigenvalue weighted by Gasteiger charge is -2.15. The summed E-state index contributed by atoms with van der Waals surface area (Å²) in [6.07, 6.45) is 1.80. The molecule has 1 aliphatic carbocycles. The number of nitrogens with one attached hydrogen (secondary N) is 2. The molecule has 1 amide bonds. The Kier molecular flexibility index (Phi) is 5.27. The maximum atomic E-state index is 12.8. The minimum atomic E-state index is -3.85. The molecule has 1 aliphatic rings. The van der Waals surface area contributed by atoms with Crippen molar-refractivity contribution in [2.45, 2.75) is 24.7 Å². The fourth-order valence-electron chi connectivity index (χ4n) is 2.71. The summed E-state index contributed by atoms with van der Waals surface area (Å²) in [4.78, 5) is 12.0. The lowest BCUT2D eigenvalue weighted by molar-refractivity contribution is -0.117. The SMILES string of the molecule is COc1cc(C)c(S(=O)(=O)Nc2cccc(NC(=O)C3CC3)c2)cc1OC. The van der Waals surface area contributed by atoms with Crippen molar-refractivity contribution < 1.29 is 22.7 Å². The summed E-state index contributed by atoms with van der Waals surface area (Å²) in [5, 5.41) is 2.80. The molecule has 0 spiro atoms. The van der Waals surface area contributed by atoms with Gasteiger partial charge in [0.05, 0.1) is 24.8 Å². The monoisotopic (exact) mass is 390 g/mol. The summed E-state index contributed by atoms with van der Waals surface area (Å²) in [6, 6.07) is 9.66. The minimum Gasteiger partial charge on any atom is -0.493 e. The number of anilines is 2. The molecule has 0 unspecified atom stereocenters. The van der Waals surface area contributed by atoms with Crippen molar-refractivity contribution in [3.63, 3.8) is 0 Å². The van der Waals surface area contributed by atoms with E-state index in [0.717, 1.165) is 12.8 Å². The second-order valence-corrected chi connectivity index (χ2v) is 8.07. The molecule has 3 rings (SSSR count). The zero-order valence-electron chi connectivity index (χ0n) is 15.4. The van der Waals surface area contributed by atoms with E-state index in [1.54, 1.807) is 37.3 Å². The number of rotatable bonds is 7. The average Bonchev–Trinajstić information content (AvgIpc) is 3.46. The maximum Gasteiger partial charge on any atom is 0.262 e. The number of hydrogen-bond acceptors (Lipinski definition) is 5. The van der Waals surface area contributed by atoms with Crippen LogP contribution in [0.1, 0.15) is 18.4 Å². The topological polar surface area (TPSA) is 93.7 Å². The van der Waals surface area contributed by atoms with Gasteiger partial charge in [-0.15, -0.1) is 0 Å². The van der Waals surface area contributed by atoms with Crippen LogP contribution in [0.4, 0.5) is 11.4 Å². The van der Waals surface area contributed by atoms with Crippen LogP contribution in [0.25, 0.3) is 0 Å². The van der Waals surface area contributed by atoms with Gasteiger partial charge in [0.1, 0.15) is 0 Å². The molecular formula is C19H22N2O5S. The highest BCUT2D eigenvalue weighted by molar-refractivity contribution is 7.92. The number of aryl methyl sites for hydroxylation is 1. The average molecular weight is 390 g/mol. The molecule has 8 heteroatoms. The van der Waals surface area contributed by atoms with E-state index in [-0.39, 0.29) is 16.7 Å². The molecule has 2 aromatic carbocycles. The lowest BCUT2D eigenvalue weighted by atomic mass is 10.2. The fraction of sp³-hybridized carbons (Fsp3) is 0.316. The van der Waals surface area contributed by atoms with Crippen LogP contribution < -0.4 is 19.5 Å². The molecule has 0 aliphatic heterocycles. The first-order chi connectivity index (χ1) is 12.8. The second kappa shape index (κ2) is 7.48. The van der Waals surface area contributed by atoms with E-state index >= 15 is 0 Å². The van der Waals surface area contributed by atoms with E-state index in [0.29, 0.717) is 28.4 Å². The molecule has 2 N–H and O–H groups in total. The van der Waals surface area contributed by atoms with Gasteiger partial charge in [-0.05, 0) is 49.6 Å². The Morgan fingerprint density at radius 2 is 1.67 bits per heavy atom. The van der Waals surface area contributed by atoms with Gasteiger partial charge in [-0.3, -0.25) is 9.52 Å². The Hall–Kier alpha value is -2.74. The highest BCUT2D eigenvalue weighted by Crippen LogP contribution is 2.33. The minimum absolute atomic E-state index is 0.0363. The Bertz CT molecular complexity index is 968. The molecule has 0 atom stereocenters. The smallest absolute Gasteiger partial charge is 0.262 e. The predicted octanol–water partition coefficient (Wildman–Crippen LogP) is 3.16.